The SMILES string of the molecule is CN1CCN=C1NCc1ccc(S(N)(=O)=O)s1.I. The maximum absolute atomic E-state index is 11.1. The van der Waals surface area contributed by atoms with Crippen molar-refractivity contribution in [2.24, 2.45) is 10.1 Å². The summed E-state index contributed by atoms with van der Waals surface area (Å²) in [5.41, 5.74) is 0. The van der Waals surface area contributed by atoms with Crippen LogP contribution < -0.4 is 10.5 Å². The molecule has 1 aromatic rings. The molecule has 0 amide bonds. The van der Waals surface area contributed by atoms with Crippen LogP contribution >= 0.6 is 35.3 Å². The number of rotatable bonds is 3. The summed E-state index contributed by atoms with van der Waals surface area (Å²) < 4.78 is 22.4. The lowest BCUT2D eigenvalue weighted by Gasteiger charge is -2.14. The maximum Gasteiger partial charge on any atom is 0.247 e. The normalized spacial score (nSPS) is 15.2. The molecule has 0 aliphatic carbocycles. The second-order valence-corrected chi connectivity index (χ2v) is 6.70. The summed E-state index contributed by atoms with van der Waals surface area (Å²) in [5, 5.41) is 8.20. The van der Waals surface area contributed by atoms with Crippen molar-refractivity contribution in [3.8, 4) is 0 Å². The molecule has 6 nitrogen and oxygen atoms in total. The van der Waals surface area contributed by atoms with E-state index in [0.717, 1.165) is 23.9 Å². The molecular formula is C9H15IN4O2S2. The molecule has 0 unspecified atom stereocenters. The fourth-order valence-electron chi connectivity index (χ4n) is 1.50. The van der Waals surface area contributed by atoms with Crippen LogP contribution in [0.15, 0.2) is 21.3 Å². The maximum atomic E-state index is 11.1. The number of nitrogens with one attached hydrogen (secondary N) is 1. The Bertz CT molecular complexity index is 541. The molecule has 0 bridgehead atoms. The van der Waals surface area contributed by atoms with Gasteiger partial charge < -0.3 is 10.2 Å². The number of guanidine groups is 1. The number of hydrogen-bond donors (Lipinski definition) is 2. The van der Waals surface area contributed by atoms with Crippen LogP contribution in [0, 0.1) is 0 Å². The molecule has 2 rings (SSSR count). The van der Waals surface area contributed by atoms with E-state index in [-0.39, 0.29) is 28.2 Å². The van der Waals surface area contributed by atoms with Crippen LogP contribution in [0.5, 0.6) is 0 Å². The van der Waals surface area contributed by atoms with E-state index in [1.165, 1.54) is 17.4 Å². The number of thiophene rings is 1. The third-order valence-corrected chi connectivity index (χ3v) is 4.92. The van der Waals surface area contributed by atoms with E-state index < -0.39 is 10.0 Å². The molecule has 0 atom stereocenters. The van der Waals surface area contributed by atoms with E-state index in [1.54, 1.807) is 6.07 Å². The Labute approximate surface area is 127 Å². The van der Waals surface area contributed by atoms with Gasteiger partial charge in [-0.15, -0.1) is 35.3 Å². The number of nitrogens with two attached hydrogens (primary N) is 1. The number of aliphatic imine (C=N–C) groups is 1. The van der Waals surface area contributed by atoms with Crippen LogP contribution in [0.3, 0.4) is 0 Å². The van der Waals surface area contributed by atoms with Crippen LogP contribution in [0.2, 0.25) is 0 Å². The molecular weight excluding hydrogens is 387 g/mol. The van der Waals surface area contributed by atoms with Crippen molar-refractivity contribution >= 4 is 51.3 Å². The number of likely N-dealkylation sites (N-methyl/N-ethyl adjacent to an activating group) is 1. The molecule has 2 heterocycles. The van der Waals surface area contributed by atoms with Gasteiger partial charge in [0.25, 0.3) is 0 Å². The lowest BCUT2D eigenvalue weighted by Crippen LogP contribution is -2.34. The van der Waals surface area contributed by atoms with Crippen LogP contribution in [0.4, 0.5) is 0 Å². The highest BCUT2D eigenvalue weighted by atomic mass is 127. The summed E-state index contributed by atoms with van der Waals surface area (Å²) >= 11 is 1.18. The number of sulfonamides is 1. The smallest absolute Gasteiger partial charge is 0.247 e. The van der Waals surface area contributed by atoms with Crippen LogP contribution in [-0.4, -0.2) is 39.4 Å². The highest BCUT2D eigenvalue weighted by molar-refractivity contribution is 14.0. The summed E-state index contributed by atoms with van der Waals surface area (Å²) in [7, 11) is -1.62. The largest absolute Gasteiger partial charge is 0.351 e. The molecule has 0 spiro atoms. The molecule has 9 heteroatoms. The molecule has 1 aliphatic heterocycles. The molecule has 1 aromatic heterocycles. The van der Waals surface area contributed by atoms with Gasteiger partial charge in [0.05, 0.1) is 13.1 Å². The monoisotopic (exact) mass is 402 g/mol. The Morgan fingerprint density at radius 3 is 2.78 bits per heavy atom. The van der Waals surface area contributed by atoms with Crippen molar-refractivity contribution in [3.05, 3.63) is 17.0 Å². The van der Waals surface area contributed by atoms with Gasteiger partial charge in [-0.2, -0.15) is 0 Å². The quantitative estimate of drug-likeness (QED) is 0.717. The Kier molecular flexibility index (Phi) is 5.37. The van der Waals surface area contributed by atoms with Gasteiger partial charge in [-0.25, -0.2) is 13.6 Å². The van der Waals surface area contributed by atoms with E-state index in [9.17, 15) is 8.42 Å². The van der Waals surface area contributed by atoms with Crippen molar-refractivity contribution in [1.82, 2.24) is 10.2 Å². The van der Waals surface area contributed by atoms with Gasteiger partial charge in [-0.3, -0.25) is 4.99 Å². The first-order chi connectivity index (χ1) is 7.97. The van der Waals surface area contributed by atoms with Crippen LogP contribution in [-0.2, 0) is 16.6 Å². The molecule has 0 aromatic carbocycles. The first-order valence-corrected chi connectivity index (χ1v) is 7.44. The van der Waals surface area contributed by atoms with Crippen LogP contribution in [0.1, 0.15) is 4.88 Å². The highest BCUT2D eigenvalue weighted by Gasteiger charge is 2.14. The zero-order valence-corrected chi connectivity index (χ0v) is 13.8. The summed E-state index contributed by atoms with van der Waals surface area (Å²) in [6.07, 6.45) is 0. The molecule has 0 radical (unpaired) electrons. The van der Waals surface area contributed by atoms with Gasteiger partial charge in [-0.1, -0.05) is 0 Å². The first-order valence-electron chi connectivity index (χ1n) is 5.08. The Morgan fingerprint density at radius 1 is 1.56 bits per heavy atom. The number of primary sulfonamides is 1. The summed E-state index contributed by atoms with van der Waals surface area (Å²) in [6.45, 7) is 2.27. The molecule has 18 heavy (non-hydrogen) atoms. The summed E-state index contributed by atoms with van der Waals surface area (Å²) in [5.74, 6) is 0.843. The van der Waals surface area contributed by atoms with Gasteiger partial charge in [0, 0.05) is 18.5 Å². The second-order valence-electron chi connectivity index (χ2n) is 3.75. The van der Waals surface area contributed by atoms with E-state index in [4.69, 9.17) is 5.14 Å². The van der Waals surface area contributed by atoms with Crippen molar-refractivity contribution < 1.29 is 8.42 Å². The lowest BCUT2D eigenvalue weighted by atomic mass is 10.5. The predicted molar refractivity (Wildman–Crippen MR) is 82.9 cm³/mol. The lowest BCUT2D eigenvalue weighted by molar-refractivity contribution is 0.534. The minimum Gasteiger partial charge on any atom is -0.351 e. The molecule has 0 fully saturated rings. The molecule has 1 aliphatic rings. The van der Waals surface area contributed by atoms with E-state index in [1.807, 2.05) is 11.9 Å². The average Bonchev–Trinajstić information content (AvgIpc) is 2.82. The van der Waals surface area contributed by atoms with Crippen molar-refractivity contribution in [2.75, 3.05) is 20.1 Å². The van der Waals surface area contributed by atoms with E-state index >= 15 is 0 Å². The third-order valence-electron chi connectivity index (χ3n) is 2.40. The number of nitrogens with zero attached hydrogens (tertiary/aromatic N) is 2. The molecule has 0 saturated heterocycles. The van der Waals surface area contributed by atoms with Gasteiger partial charge in [-0.05, 0) is 12.1 Å². The number of halogens is 1. The molecule has 0 saturated carbocycles. The molecule has 3 N–H and O–H groups in total. The zero-order valence-electron chi connectivity index (χ0n) is 9.79. The standard InChI is InChI=1S/C9H14N4O2S2.HI/c1-13-5-4-11-9(13)12-6-7-2-3-8(16-7)17(10,14)15;/h2-3H,4-6H2,1H3,(H,11,12)(H2,10,14,15);1H. The number of hydrogen-bond acceptors (Lipinski definition) is 6. The van der Waals surface area contributed by atoms with E-state index in [0.29, 0.717) is 6.54 Å². The minimum atomic E-state index is -3.58. The van der Waals surface area contributed by atoms with Crippen molar-refractivity contribution in [1.29, 1.82) is 0 Å². The minimum absolute atomic E-state index is 0. The van der Waals surface area contributed by atoms with Gasteiger partial charge in [0.2, 0.25) is 10.0 Å². The van der Waals surface area contributed by atoms with Crippen LogP contribution in [0.25, 0.3) is 0 Å². The fourth-order valence-corrected chi connectivity index (χ4v) is 3.21. The third kappa shape index (κ3) is 3.80. The zero-order chi connectivity index (χ0) is 12.5. The van der Waals surface area contributed by atoms with Gasteiger partial charge >= 0.3 is 0 Å². The average molecular weight is 402 g/mol. The first kappa shape index (κ1) is 15.7. The topological polar surface area (TPSA) is 87.8 Å². The Hall–Kier alpha value is -0.390. The second kappa shape index (κ2) is 6.17. The van der Waals surface area contributed by atoms with Gasteiger partial charge in [0.15, 0.2) is 5.96 Å². The predicted octanol–water partition coefficient (Wildman–Crippen LogP) is 0.405. The highest BCUT2D eigenvalue weighted by Crippen LogP contribution is 2.20. The Balaban J connectivity index is 0.00000162. The van der Waals surface area contributed by atoms with E-state index in [2.05, 4.69) is 10.3 Å². The van der Waals surface area contributed by atoms with Crippen molar-refractivity contribution in [3.63, 3.8) is 0 Å². The summed E-state index contributed by atoms with van der Waals surface area (Å²) in [6, 6.07) is 3.28. The Morgan fingerprint density at radius 2 is 2.28 bits per heavy atom. The summed E-state index contributed by atoms with van der Waals surface area (Å²) in [4.78, 5) is 7.22. The fraction of sp³-hybridized carbons (Fsp3) is 0.444. The van der Waals surface area contributed by atoms with Crippen molar-refractivity contribution in [2.45, 2.75) is 10.8 Å². The molecule has 102 valence electrons. The van der Waals surface area contributed by atoms with Gasteiger partial charge in [0.1, 0.15) is 4.21 Å².